The molecule has 0 unspecified atom stereocenters. The van der Waals surface area contributed by atoms with Gasteiger partial charge < -0.3 is 9.64 Å². The van der Waals surface area contributed by atoms with Crippen molar-refractivity contribution < 1.29 is 17.9 Å². The van der Waals surface area contributed by atoms with E-state index in [0.29, 0.717) is 23.4 Å². The summed E-state index contributed by atoms with van der Waals surface area (Å²) in [5, 5.41) is 8.77. The van der Waals surface area contributed by atoms with E-state index in [9.17, 15) is 13.2 Å². The molecule has 0 N–H and O–H groups in total. The third-order valence-electron chi connectivity index (χ3n) is 3.82. The molecule has 0 aliphatic rings. The Morgan fingerprint density at radius 3 is 2.19 bits per heavy atom. The molecule has 0 radical (unpaired) electrons. The number of carbonyl (C=O) groups is 1. The molecular formula is C19H20N2O4S. The number of nitrogens with zero attached hydrogens (tertiary/aromatic N) is 2. The number of carbonyl (C=O) groups excluding carboxylic acids is 1. The molecule has 1 amide bonds. The van der Waals surface area contributed by atoms with Crippen LogP contribution in [0, 0.1) is 11.3 Å². The van der Waals surface area contributed by atoms with Gasteiger partial charge in [-0.15, -0.1) is 0 Å². The van der Waals surface area contributed by atoms with Gasteiger partial charge in [-0.05, 0) is 35.4 Å². The summed E-state index contributed by atoms with van der Waals surface area (Å²) < 4.78 is 29.6. The minimum absolute atomic E-state index is 0.235. The Balaban J connectivity index is 1.96. The molecule has 0 aromatic heterocycles. The highest BCUT2D eigenvalue weighted by atomic mass is 32.2. The molecule has 6 nitrogen and oxygen atoms in total. The first-order chi connectivity index (χ1) is 12.3. The third-order valence-corrected chi connectivity index (χ3v) is 5.28. The second kappa shape index (κ2) is 8.50. The van der Waals surface area contributed by atoms with E-state index in [1.807, 2.05) is 18.2 Å². The molecular weight excluding hydrogens is 352 g/mol. The molecule has 7 heteroatoms. The van der Waals surface area contributed by atoms with Crippen molar-refractivity contribution in [2.24, 2.45) is 0 Å². The lowest BCUT2D eigenvalue weighted by Crippen LogP contribution is -2.32. The molecule has 0 bridgehead atoms. The highest BCUT2D eigenvalue weighted by molar-refractivity contribution is 7.91. The van der Waals surface area contributed by atoms with Gasteiger partial charge in [-0.2, -0.15) is 5.26 Å². The Hall–Kier alpha value is -2.85. The Kier molecular flexibility index (Phi) is 6.36. The number of methoxy groups -OCH3 is 1. The van der Waals surface area contributed by atoms with E-state index < -0.39 is 21.5 Å². The monoisotopic (exact) mass is 372 g/mol. The first-order valence-electron chi connectivity index (χ1n) is 7.89. The fraction of sp³-hybridized carbons (Fsp3) is 0.263. The van der Waals surface area contributed by atoms with Gasteiger partial charge in [0.25, 0.3) is 0 Å². The Morgan fingerprint density at radius 2 is 1.65 bits per heavy atom. The summed E-state index contributed by atoms with van der Waals surface area (Å²) in [5.41, 5.74) is 1.89. The molecule has 26 heavy (non-hydrogen) atoms. The van der Waals surface area contributed by atoms with E-state index in [1.54, 1.807) is 50.6 Å². The van der Waals surface area contributed by atoms with Crippen molar-refractivity contribution in [3.05, 3.63) is 65.2 Å². The largest absolute Gasteiger partial charge is 0.497 e. The maximum absolute atomic E-state index is 12.3. The number of ether oxygens (including phenoxy) is 1. The minimum atomic E-state index is -3.60. The Labute approximate surface area is 153 Å². The maximum atomic E-state index is 12.3. The summed E-state index contributed by atoms with van der Waals surface area (Å²) in [6.45, 7) is 0.315. The van der Waals surface area contributed by atoms with Crippen molar-refractivity contribution >= 4 is 15.7 Å². The van der Waals surface area contributed by atoms with Gasteiger partial charge in [-0.25, -0.2) is 8.42 Å². The van der Waals surface area contributed by atoms with E-state index in [0.717, 1.165) is 5.56 Å². The molecule has 2 aromatic carbocycles. The average molecular weight is 372 g/mol. The van der Waals surface area contributed by atoms with Gasteiger partial charge in [0, 0.05) is 13.6 Å². The summed E-state index contributed by atoms with van der Waals surface area (Å²) in [4.78, 5) is 13.6. The van der Waals surface area contributed by atoms with Crippen LogP contribution in [0.15, 0.2) is 48.5 Å². The maximum Gasteiger partial charge on any atom is 0.237 e. The van der Waals surface area contributed by atoms with Gasteiger partial charge in [0.15, 0.2) is 9.84 Å². The van der Waals surface area contributed by atoms with Gasteiger partial charge in [-0.3, -0.25) is 4.79 Å². The third kappa shape index (κ3) is 5.60. The minimum Gasteiger partial charge on any atom is -0.497 e. The van der Waals surface area contributed by atoms with Crippen molar-refractivity contribution in [3.63, 3.8) is 0 Å². The molecule has 0 heterocycles. The van der Waals surface area contributed by atoms with Gasteiger partial charge in [0.05, 0.1) is 24.5 Å². The second-order valence-electron chi connectivity index (χ2n) is 5.94. The zero-order valence-electron chi connectivity index (χ0n) is 14.7. The molecule has 0 spiro atoms. The Morgan fingerprint density at radius 1 is 1.08 bits per heavy atom. The predicted molar refractivity (Wildman–Crippen MR) is 98.1 cm³/mol. The fourth-order valence-corrected chi connectivity index (χ4v) is 3.77. The fourth-order valence-electron chi connectivity index (χ4n) is 2.37. The average Bonchev–Trinajstić information content (AvgIpc) is 2.62. The first-order valence-corrected chi connectivity index (χ1v) is 9.71. The summed E-state index contributed by atoms with van der Waals surface area (Å²) in [7, 11) is -0.450. The topological polar surface area (TPSA) is 87.5 Å². The number of benzene rings is 2. The zero-order chi connectivity index (χ0) is 19.2. The van der Waals surface area contributed by atoms with Crippen LogP contribution in [0.3, 0.4) is 0 Å². The predicted octanol–water partition coefficient (Wildman–Crippen LogP) is 2.14. The SMILES string of the molecule is COc1ccc(CN(C)C(=O)CS(=O)(=O)Cc2ccc(C#N)cc2)cc1. The van der Waals surface area contributed by atoms with E-state index in [1.165, 1.54) is 4.90 Å². The van der Waals surface area contributed by atoms with Crippen LogP contribution in [0.25, 0.3) is 0 Å². The van der Waals surface area contributed by atoms with Crippen LogP contribution in [-0.4, -0.2) is 39.1 Å². The molecule has 0 saturated heterocycles. The number of hydrogen-bond acceptors (Lipinski definition) is 5. The number of sulfone groups is 1. The molecule has 2 rings (SSSR count). The van der Waals surface area contributed by atoms with Crippen molar-refractivity contribution in [3.8, 4) is 11.8 Å². The smallest absolute Gasteiger partial charge is 0.237 e. The van der Waals surface area contributed by atoms with E-state index in [-0.39, 0.29) is 5.75 Å². The molecule has 2 aromatic rings. The number of amides is 1. The van der Waals surface area contributed by atoms with Crippen molar-refractivity contribution in [1.29, 1.82) is 5.26 Å². The normalized spacial score (nSPS) is 10.8. The molecule has 0 fully saturated rings. The van der Waals surface area contributed by atoms with Crippen LogP contribution < -0.4 is 4.74 Å². The van der Waals surface area contributed by atoms with Crippen molar-refractivity contribution in [1.82, 2.24) is 4.90 Å². The summed E-state index contributed by atoms with van der Waals surface area (Å²) in [5.74, 6) is -0.539. The molecule has 0 aliphatic heterocycles. The molecule has 0 aliphatic carbocycles. The lowest BCUT2D eigenvalue weighted by molar-refractivity contribution is -0.127. The van der Waals surface area contributed by atoms with Crippen molar-refractivity contribution in [2.75, 3.05) is 19.9 Å². The quantitative estimate of drug-likeness (QED) is 0.743. The standard InChI is InChI=1S/C19H20N2O4S/c1-21(12-16-7-9-18(25-2)10-8-16)19(22)14-26(23,24)13-17-5-3-15(11-20)4-6-17/h3-10H,12-14H2,1-2H3. The zero-order valence-corrected chi connectivity index (χ0v) is 15.5. The van der Waals surface area contributed by atoms with Crippen LogP contribution >= 0.6 is 0 Å². The van der Waals surface area contributed by atoms with Crippen LogP contribution in [0.5, 0.6) is 5.75 Å². The molecule has 0 saturated carbocycles. The van der Waals surface area contributed by atoms with E-state index >= 15 is 0 Å². The lowest BCUT2D eigenvalue weighted by Gasteiger charge is -2.17. The molecule has 0 atom stereocenters. The van der Waals surface area contributed by atoms with Gasteiger partial charge in [0.1, 0.15) is 11.5 Å². The number of rotatable bonds is 7. The number of nitriles is 1. The Bertz CT molecular complexity index is 898. The van der Waals surface area contributed by atoms with Gasteiger partial charge >= 0.3 is 0 Å². The highest BCUT2D eigenvalue weighted by Crippen LogP contribution is 2.13. The van der Waals surface area contributed by atoms with Gasteiger partial charge in [-0.1, -0.05) is 24.3 Å². The van der Waals surface area contributed by atoms with Crippen molar-refractivity contribution in [2.45, 2.75) is 12.3 Å². The van der Waals surface area contributed by atoms with Gasteiger partial charge in [0.2, 0.25) is 5.91 Å². The summed E-state index contributed by atoms with van der Waals surface area (Å²) in [6, 6.07) is 15.5. The summed E-state index contributed by atoms with van der Waals surface area (Å²) >= 11 is 0. The first kappa shape index (κ1) is 19.5. The summed E-state index contributed by atoms with van der Waals surface area (Å²) in [6.07, 6.45) is 0. The lowest BCUT2D eigenvalue weighted by atomic mass is 10.2. The van der Waals surface area contributed by atoms with Crippen LogP contribution in [-0.2, 0) is 26.9 Å². The van der Waals surface area contributed by atoms with Crippen LogP contribution in [0.1, 0.15) is 16.7 Å². The van der Waals surface area contributed by atoms with Crippen LogP contribution in [0.2, 0.25) is 0 Å². The molecule has 136 valence electrons. The second-order valence-corrected chi connectivity index (χ2v) is 8.00. The van der Waals surface area contributed by atoms with E-state index in [4.69, 9.17) is 10.00 Å². The van der Waals surface area contributed by atoms with Crippen LogP contribution in [0.4, 0.5) is 0 Å². The van der Waals surface area contributed by atoms with E-state index in [2.05, 4.69) is 0 Å². The number of hydrogen-bond donors (Lipinski definition) is 0. The highest BCUT2D eigenvalue weighted by Gasteiger charge is 2.20.